The van der Waals surface area contributed by atoms with Crippen molar-refractivity contribution in [1.82, 2.24) is 4.31 Å². The van der Waals surface area contributed by atoms with E-state index in [9.17, 15) is 13.2 Å². The first-order valence-corrected chi connectivity index (χ1v) is 9.91. The Hall–Kier alpha value is -2.29. The molecular formula is C18H21ClN2O5S. The molecule has 2 rings (SSSR count). The largest absolute Gasteiger partial charge is 0.497 e. The summed E-state index contributed by atoms with van der Waals surface area (Å²) in [4.78, 5) is 12.5. The van der Waals surface area contributed by atoms with Gasteiger partial charge in [0.1, 0.15) is 11.5 Å². The summed E-state index contributed by atoms with van der Waals surface area (Å²) in [5.74, 6) is 0.473. The van der Waals surface area contributed by atoms with Gasteiger partial charge in [0, 0.05) is 17.6 Å². The van der Waals surface area contributed by atoms with Crippen molar-refractivity contribution in [3.05, 3.63) is 47.5 Å². The number of carbonyl (C=O) groups is 1. The Morgan fingerprint density at radius 2 is 1.78 bits per heavy atom. The maximum atomic E-state index is 12.7. The van der Waals surface area contributed by atoms with E-state index in [0.29, 0.717) is 22.2 Å². The van der Waals surface area contributed by atoms with Gasteiger partial charge in [0.25, 0.3) is 0 Å². The number of rotatable bonds is 8. The first-order chi connectivity index (χ1) is 12.8. The van der Waals surface area contributed by atoms with Gasteiger partial charge in [-0.25, -0.2) is 8.42 Å². The van der Waals surface area contributed by atoms with Crippen molar-refractivity contribution in [2.75, 3.05) is 32.6 Å². The molecule has 0 aliphatic rings. The Balaban J connectivity index is 2.19. The highest BCUT2D eigenvalue weighted by atomic mass is 35.5. The van der Waals surface area contributed by atoms with Crippen molar-refractivity contribution in [1.29, 1.82) is 0 Å². The summed E-state index contributed by atoms with van der Waals surface area (Å²) in [6.45, 7) is 1.45. The van der Waals surface area contributed by atoms with E-state index in [1.54, 1.807) is 25.1 Å². The van der Waals surface area contributed by atoms with E-state index in [4.69, 9.17) is 21.1 Å². The lowest BCUT2D eigenvalue weighted by molar-refractivity contribution is -0.116. The molecule has 0 saturated carbocycles. The average molecular weight is 413 g/mol. The third-order valence-corrected chi connectivity index (χ3v) is 5.99. The van der Waals surface area contributed by atoms with Gasteiger partial charge in [-0.1, -0.05) is 18.5 Å². The quantitative estimate of drug-likeness (QED) is 0.720. The summed E-state index contributed by atoms with van der Waals surface area (Å²) in [6.07, 6.45) is 0. The van der Waals surface area contributed by atoms with E-state index in [-0.39, 0.29) is 18.0 Å². The summed E-state index contributed by atoms with van der Waals surface area (Å²) >= 11 is 5.81. The predicted molar refractivity (Wildman–Crippen MR) is 104 cm³/mol. The van der Waals surface area contributed by atoms with Crippen molar-refractivity contribution >= 4 is 33.2 Å². The molecule has 0 aliphatic carbocycles. The molecule has 0 saturated heterocycles. The molecule has 0 fully saturated rings. The number of methoxy groups -OCH3 is 2. The SMILES string of the molecule is CCN(CC(=O)Nc1cc(OC)ccc1OC)S(=O)(=O)c1ccc(Cl)cc1. The minimum Gasteiger partial charge on any atom is -0.497 e. The fourth-order valence-corrected chi connectivity index (χ4v) is 3.92. The first-order valence-electron chi connectivity index (χ1n) is 8.09. The second-order valence-electron chi connectivity index (χ2n) is 5.50. The number of sulfonamides is 1. The fourth-order valence-electron chi connectivity index (χ4n) is 2.38. The van der Waals surface area contributed by atoms with Crippen LogP contribution in [0.1, 0.15) is 6.92 Å². The van der Waals surface area contributed by atoms with Gasteiger partial charge in [-0.15, -0.1) is 0 Å². The summed E-state index contributed by atoms with van der Waals surface area (Å²) in [6, 6.07) is 10.7. The molecule has 1 N–H and O–H groups in total. The summed E-state index contributed by atoms with van der Waals surface area (Å²) in [5, 5.41) is 3.09. The molecule has 0 aliphatic heterocycles. The Bertz CT molecular complexity index is 900. The van der Waals surface area contributed by atoms with Crippen LogP contribution in [0, 0.1) is 0 Å². The van der Waals surface area contributed by atoms with Crippen LogP contribution in [0.2, 0.25) is 5.02 Å². The highest BCUT2D eigenvalue weighted by Crippen LogP contribution is 2.29. The maximum absolute atomic E-state index is 12.7. The zero-order valence-corrected chi connectivity index (χ0v) is 16.8. The number of anilines is 1. The number of benzene rings is 2. The molecule has 0 bridgehead atoms. The molecule has 2 aromatic rings. The lowest BCUT2D eigenvalue weighted by Crippen LogP contribution is -2.37. The van der Waals surface area contributed by atoms with Crippen molar-refractivity contribution in [2.24, 2.45) is 0 Å². The minimum atomic E-state index is -3.83. The summed E-state index contributed by atoms with van der Waals surface area (Å²) in [5.41, 5.74) is 0.391. The summed E-state index contributed by atoms with van der Waals surface area (Å²) in [7, 11) is -0.848. The van der Waals surface area contributed by atoms with E-state index < -0.39 is 15.9 Å². The third kappa shape index (κ3) is 5.12. The number of hydrogen-bond donors (Lipinski definition) is 1. The van der Waals surface area contributed by atoms with Crippen LogP contribution in [-0.4, -0.2) is 45.9 Å². The van der Waals surface area contributed by atoms with Gasteiger partial charge in [0.15, 0.2) is 0 Å². The second-order valence-corrected chi connectivity index (χ2v) is 7.87. The van der Waals surface area contributed by atoms with Gasteiger partial charge in [-0.2, -0.15) is 4.31 Å². The van der Waals surface area contributed by atoms with Crippen LogP contribution < -0.4 is 14.8 Å². The molecule has 9 heteroatoms. The van der Waals surface area contributed by atoms with E-state index in [2.05, 4.69) is 5.32 Å². The molecule has 2 aromatic carbocycles. The lowest BCUT2D eigenvalue weighted by Gasteiger charge is -2.20. The standard InChI is InChI=1S/C18H21ClN2O5S/c1-4-21(27(23,24)15-8-5-13(19)6-9-15)12-18(22)20-16-11-14(25-2)7-10-17(16)26-3/h5-11H,4,12H2,1-3H3,(H,20,22). The number of nitrogens with zero attached hydrogens (tertiary/aromatic N) is 1. The van der Waals surface area contributed by atoms with Crippen LogP contribution in [0.4, 0.5) is 5.69 Å². The van der Waals surface area contributed by atoms with Gasteiger partial charge in [-0.05, 0) is 36.4 Å². The van der Waals surface area contributed by atoms with Crippen molar-refractivity contribution in [2.45, 2.75) is 11.8 Å². The summed E-state index contributed by atoms with van der Waals surface area (Å²) < 4.78 is 36.9. The minimum absolute atomic E-state index is 0.0699. The van der Waals surface area contributed by atoms with Crippen LogP contribution in [0.5, 0.6) is 11.5 Å². The van der Waals surface area contributed by atoms with Crippen LogP contribution in [0.3, 0.4) is 0 Å². The van der Waals surface area contributed by atoms with E-state index >= 15 is 0 Å². The van der Waals surface area contributed by atoms with E-state index in [1.807, 2.05) is 0 Å². The van der Waals surface area contributed by atoms with Gasteiger partial charge >= 0.3 is 0 Å². The Morgan fingerprint density at radius 1 is 1.11 bits per heavy atom. The third-order valence-electron chi connectivity index (χ3n) is 3.80. The number of carbonyl (C=O) groups excluding carboxylic acids is 1. The predicted octanol–water partition coefficient (Wildman–Crippen LogP) is 3.01. The van der Waals surface area contributed by atoms with Crippen molar-refractivity contribution in [3.63, 3.8) is 0 Å². The van der Waals surface area contributed by atoms with Gasteiger partial charge in [-0.3, -0.25) is 4.79 Å². The first kappa shape index (κ1) is 21.0. The highest BCUT2D eigenvalue weighted by molar-refractivity contribution is 7.89. The zero-order valence-electron chi connectivity index (χ0n) is 15.2. The van der Waals surface area contributed by atoms with Gasteiger partial charge in [0.2, 0.25) is 15.9 Å². The average Bonchev–Trinajstić information content (AvgIpc) is 2.66. The van der Waals surface area contributed by atoms with Crippen LogP contribution in [0.15, 0.2) is 47.4 Å². The van der Waals surface area contributed by atoms with Crippen molar-refractivity contribution in [3.8, 4) is 11.5 Å². The molecule has 1 amide bonds. The van der Waals surface area contributed by atoms with Crippen molar-refractivity contribution < 1.29 is 22.7 Å². The molecule has 0 spiro atoms. The molecular weight excluding hydrogens is 392 g/mol. The smallest absolute Gasteiger partial charge is 0.243 e. The maximum Gasteiger partial charge on any atom is 0.243 e. The number of amides is 1. The molecule has 0 radical (unpaired) electrons. The number of hydrogen-bond acceptors (Lipinski definition) is 5. The molecule has 0 unspecified atom stereocenters. The Kier molecular flexibility index (Phi) is 7.06. The lowest BCUT2D eigenvalue weighted by atomic mass is 10.2. The molecule has 146 valence electrons. The number of nitrogens with one attached hydrogen (secondary N) is 1. The van der Waals surface area contributed by atoms with Crippen LogP contribution in [0.25, 0.3) is 0 Å². The second kappa shape index (κ2) is 9.07. The Labute approximate surface area is 163 Å². The molecule has 27 heavy (non-hydrogen) atoms. The number of ether oxygens (including phenoxy) is 2. The normalized spacial score (nSPS) is 11.3. The zero-order chi connectivity index (χ0) is 20.0. The van der Waals surface area contributed by atoms with Gasteiger partial charge < -0.3 is 14.8 Å². The topological polar surface area (TPSA) is 84.9 Å². The molecule has 7 nitrogen and oxygen atoms in total. The Morgan fingerprint density at radius 3 is 2.33 bits per heavy atom. The number of likely N-dealkylation sites (N-methyl/N-ethyl adjacent to an activating group) is 1. The van der Waals surface area contributed by atoms with Crippen LogP contribution in [-0.2, 0) is 14.8 Å². The van der Waals surface area contributed by atoms with Crippen LogP contribution >= 0.6 is 11.6 Å². The number of halogens is 1. The molecule has 0 heterocycles. The molecule has 0 atom stereocenters. The van der Waals surface area contributed by atoms with E-state index in [1.165, 1.54) is 38.5 Å². The van der Waals surface area contributed by atoms with E-state index in [0.717, 1.165) is 4.31 Å². The molecule has 0 aromatic heterocycles. The fraction of sp³-hybridized carbons (Fsp3) is 0.278. The monoisotopic (exact) mass is 412 g/mol. The highest BCUT2D eigenvalue weighted by Gasteiger charge is 2.25. The van der Waals surface area contributed by atoms with Gasteiger partial charge in [0.05, 0.1) is 31.3 Å².